The number of rotatable bonds is 2. The van der Waals surface area contributed by atoms with Crippen LogP contribution in [0.1, 0.15) is 26.4 Å². The van der Waals surface area contributed by atoms with Crippen LogP contribution in [-0.4, -0.2) is 12.5 Å². The van der Waals surface area contributed by atoms with Crippen LogP contribution < -0.4 is 10.6 Å². The SMILES string of the molecule is Cc1cc(C(=O)Nc2cccc3c2CCNC3)sc1Br. The summed E-state index contributed by atoms with van der Waals surface area (Å²) in [6.07, 6.45) is 0.957. The van der Waals surface area contributed by atoms with Crippen molar-refractivity contribution in [1.82, 2.24) is 5.32 Å². The lowest BCUT2D eigenvalue weighted by atomic mass is 9.99. The van der Waals surface area contributed by atoms with Gasteiger partial charge in [-0.1, -0.05) is 12.1 Å². The highest BCUT2D eigenvalue weighted by Crippen LogP contribution is 2.29. The summed E-state index contributed by atoms with van der Waals surface area (Å²) in [5, 5.41) is 6.40. The van der Waals surface area contributed by atoms with E-state index in [9.17, 15) is 4.79 Å². The van der Waals surface area contributed by atoms with Crippen LogP contribution in [0.5, 0.6) is 0 Å². The van der Waals surface area contributed by atoms with E-state index < -0.39 is 0 Å². The van der Waals surface area contributed by atoms with Gasteiger partial charge in [0.15, 0.2) is 0 Å². The van der Waals surface area contributed by atoms with Gasteiger partial charge in [-0.3, -0.25) is 4.79 Å². The summed E-state index contributed by atoms with van der Waals surface area (Å²) < 4.78 is 1.02. The Balaban J connectivity index is 1.86. The van der Waals surface area contributed by atoms with Crippen molar-refractivity contribution in [2.45, 2.75) is 19.9 Å². The molecule has 0 fully saturated rings. The number of benzene rings is 1. The largest absolute Gasteiger partial charge is 0.321 e. The van der Waals surface area contributed by atoms with Gasteiger partial charge in [0.05, 0.1) is 8.66 Å². The maximum atomic E-state index is 12.3. The standard InChI is InChI=1S/C15H15BrN2OS/c1-9-7-13(20-14(9)16)15(19)18-12-4-2-3-10-8-17-6-5-11(10)12/h2-4,7,17H,5-6,8H2,1H3,(H,18,19). The van der Waals surface area contributed by atoms with Gasteiger partial charge in [0, 0.05) is 12.2 Å². The van der Waals surface area contributed by atoms with Crippen LogP contribution in [0.4, 0.5) is 5.69 Å². The van der Waals surface area contributed by atoms with Crippen LogP contribution in [0.15, 0.2) is 28.1 Å². The summed E-state index contributed by atoms with van der Waals surface area (Å²) in [5.41, 5.74) is 4.57. The van der Waals surface area contributed by atoms with Crippen molar-refractivity contribution in [1.29, 1.82) is 0 Å². The fraction of sp³-hybridized carbons (Fsp3) is 0.267. The monoisotopic (exact) mass is 350 g/mol. The predicted molar refractivity (Wildman–Crippen MR) is 86.6 cm³/mol. The smallest absolute Gasteiger partial charge is 0.265 e. The molecule has 0 bridgehead atoms. The lowest BCUT2D eigenvalue weighted by Gasteiger charge is -2.20. The van der Waals surface area contributed by atoms with E-state index in [1.807, 2.05) is 25.1 Å². The minimum atomic E-state index is -0.0317. The number of anilines is 1. The minimum Gasteiger partial charge on any atom is -0.321 e. The Labute approximate surface area is 130 Å². The van der Waals surface area contributed by atoms with Gasteiger partial charge in [-0.15, -0.1) is 11.3 Å². The summed E-state index contributed by atoms with van der Waals surface area (Å²) in [5.74, 6) is -0.0317. The number of fused-ring (bicyclic) bond motifs is 1. The topological polar surface area (TPSA) is 41.1 Å². The normalized spacial score (nSPS) is 13.9. The molecule has 2 aromatic rings. The molecule has 2 N–H and O–H groups in total. The molecule has 1 aliphatic rings. The maximum absolute atomic E-state index is 12.3. The molecule has 0 radical (unpaired) electrons. The molecule has 1 amide bonds. The quantitative estimate of drug-likeness (QED) is 0.866. The second kappa shape index (κ2) is 5.68. The molecule has 0 atom stereocenters. The van der Waals surface area contributed by atoms with Gasteiger partial charge in [0.2, 0.25) is 0 Å². The van der Waals surface area contributed by atoms with E-state index >= 15 is 0 Å². The Morgan fingerprint density at radius 2 is 2.30 bits per heavy atom. The number of hydrogen-bond acceptors (Lipinski definition) is 3. The third-order valence-corrected chi connectivity index (χ3v) is 5.60. The van der Waals surface area contributed by atoms with Crippen molar-refractivity contribution in [3.63, 3.8) is 0 Å². The van der Waals surface area contributed by atoms with Crippen molar-refractivity contribution in [3.05, 3.63) is 49.6 Å². The molecule has 104 valence electrons. The van der Waals surface area contributed by atoms with Crippen molar-refractivity contribution in [2.24, 2.45) is 0 Å². The van der Waals surface area contributed by atoms with Crippen LogP contribution in [0.3, 0.4) is 0 Å². The predicted octanol–water partition coefficient (Wildman–Crippen LogP) is 3.72. The van der Waals surface area contributed by atoms with E-state index in [1.54, 1.807) is 0 Å². The molecule has 2 heterocycles. The number of thiophene rings is 1. The molecule has 1 aromatic heterocycles. The molecule has 0 saturated heterocycles. The summed E-state index contributed by atoms with van der Waals surface area (Å²) in [4.78, 5) is 13.1. The molecule has 1 aliphatic heterocycles. The number of halogens is 1. The molecular weight excluding hydrogens is 336 g/mol. The number of hydrogen-bond donors (Lipinski definition) is 2. The zero-order chi connectivity index (χ0) is 14.1. The Morgan fingerprint density at radius 1 is 1.45 bits per heavy atom. The molecule has 20 heavy (non-hydrogen) atoms. The zero-order valence-corrected chi connectivity index (χ0v) is 13.5. The molecule has 3 nitrogen and oxygen atoms in total. The van der Waals surface area contributed by atoms with E-state index in [1.165, 1.54) is 22.5 Å². The minimum absolute atomic E-state index is 0.0317. The van der Waals surface area contributed by atoms with Crippen LogP contribution in [0.2, 0.25) is 0 Å². The second-order valence-corrected chi connectivity index (χ2v) is 7.26. The average molecular weight is 351 g/mol. The van der Waals surface area contributed by atoms with Crippen molar-refractivity contribution >= 4 is 38.9 Å². The lowest BCUT2D eigenvalue weighted by molar-refractivity contribution is 0.103. The van der Waals surface area contributed by atoms with Gasteiger partial charge in [0.1, 0.15) is 0 Å². The van der Waals surface area contributed by atoms with Gasteiger partial charge >= 0.3 is 0 Å². The summed E-state index contributed by atoms with van der Waals surface area (Å²) in [6, 6.07) is 8.01. The Kier molecular flexibility index (Phi) is 3.92. The first-order valence-electron chi connectivity index (χ1n) is 6.54. The first-order valence-corrected chi connectivity index (χ1v) is 8.15. The molecule has 0 aliphatic carbocycles. The highest BCUT2D eigenvalue weighted by atomic mass is 79.9. The Bertz CT molecular complexity index is 646. The lowest BCUT2D eigenvalue weighted by Crippen LogP contribution is -2.25. The van der Waals surface area contributed by atoms with Gasteiger partial charge in [0.25, 0.3) is 5.91 Å². The van der Waals surface area contributed by atoms with Gasteiger partial charge < -0.3 is 10.6 Å². The van der Waals surface area contributed by atoms with E-state index in [-0.39, 0.29) is 5.91 Å². The maximum Gasteiger partial charge on any atom is 0.265 e. The molecule has 0 spiro atoms. The van der Waals surface area contributed by atoms with E-state index in [0.717, 1.165) is 39.4 Å². The summed E-state index contributed by atoms with van der Waals surface area (Å²) in [6.45, 7) is 3.83. The number of carbonyl (C=O) groups is 1. The molecule has 0 unspecified atom stereocenters. The van der Waals surface area contributed by atoms with Crippen LogP contribution >= 0.6 is 27.3 Å². The first-order chi connectivity index (χ1) is 9.65. The third-order valence-electron chi connectivity index (χ3n) is 3.47. The van der Waals surface area contributed by atoms with E-state index in [4.69, 9.17) is 0 Å². The van der Waals surface area contributed by atoms with Crippen molar-refractivity contribution in [3.8, 4) is 0 Å². The van der Waals surface area contributed by atoms with Crippen LogP contribution in [-0.2, 0) is 13.0 Å². The average Bonchev–Trinajstić information content (AvgIpc) is 2.79. The molecule has 0 saturated carbocycles. The van der Waals surface area contributed by atoms with Crippen molar-refractivity contribution in [2.75, 3.05) is 11.9 Å². The second-order valence-electron chi connectivity index (χ2n) is 4.89. The van der Waals surface area contributed by atoms with Gasteiger partial charge in [-0.25, -0.2) is 0 Å². The Morgan fingerprint density at radius 3 is 3.05 bits per heavy atom. The first kappa shape index (κ1) is 13.8. The summed E-state index contributed by atoms with van der Waals surface area (Å²) >= 11 is 4.93. The number of carbonyl (C=O) groups excluding carboxylic acids is 1. The van der Waals surface area contributed by atoms with Gasteiger partial charge in [-0.05, 0) is 64.6 Å². The fourth-order valence-corrected chi connectivity index (χ4v) is 3.83. The number of nitrogens with one attached hydrogen (secondary N) is 2. The molecular formula is C15H15BrN2OS. The number of amides is 1. The van der Waals surface area contributed by atoms with Crippen LogP contribution in [0, 0.1) is 6.92 Å². The van der Waals surface area contributed by atoms with E-state index in [0.29, 0.717) is 0 Å². The molecule has 1 aromatic carbocycles. The van der Waals surface area contributed by atoms with E-state index in [2.05, 4.69) is 32.6 Å². The molecule has 3 rings (SSSR count). The van der Waals surface area contributed by atoms with Crippen molar-refractivity contribution < 1.29 is 4.79 Å². The highest BCUT2D eigenvalue weighted by Gasteiger charge is 2.16. The fourth-order valence-electron chi connectivity index (χ4n) is 2.40. The van der Waals surface area contributed by atoms with Gasteiger partial charge in [-0.2, -0.15) is 0 Å². The molecule has 5 heteroatoms. The Hall–Kier alpha value is -1.17. The van der Waals surface area contributed by atoms with Crippen LogP contribution in [0.25, 0.3) is 0 Å². The summed E-state index contributed by atoms with van der Waals surface area (Å²) in [7, 11) is 0. The zero-order valence-electron chi connectivity index (χ0n) is 11.1. The number of aryl methyl sites for hydroxylation is 1. The highest BCUT2D eigenvalue weighted by molar-refractivity contribution is 9.11. The third kappa shape index (κ3) is 2.66.